The van der Waals surface area contributed by atoms with Crippen LogP contribution < -0.4 is 0 Å². The maximum absolute atomic E-state index is 3.57. The predicted molar refractivity (Wildman–Crippen MR) is 153 cm³/mol. The van der Waals surface area contributed by atoms with Crippen LogP contribution in [0.5, 0.6) is 0 Å². The molecule has 36 heavy (non-hydrogen) atoms. The highest BCUT2D eigenvalue weighted by Crippen LogP contribution is 2.63. The lowest BCUT2D eigenvalue weighted by Gasteiger charge is -2.31. The third-order valence-corrected chi connectivity index (χ3v) is 8.67. The molecule has 168 valence electrons. The van der Waals surface area contributed by atoms with E-state index in [1.807, 2.05) is 0 Å². The van der Waals surface area contributed by atoms with Crippen LogP contribution in [-0.4, -0.2) is 0 Å². The molecule has 1 spiro atoms. The summed E-state index contributed by atoms with van der Waals surface area (Å²) in [4.78, 5) is 0. The molecule has 0 atom stereocenters. The molecule has 0 aliphatic heterocycles. The van der Waals surface area contributed by atoms with E-state index in [9.17, 15) is 0 Å². The normalized spacial score (nSPS) is 13.9. The number of benzene rings is 6. The van der Waals surface area contributed by atoms with E-state index in [1.54, 1.807) is 0 Å². The SMILES string of the molecule is Brc1ccc(-c2ccc3c4c(ccc3c2)-c2ccccc2C42c3ccccc3-c3ccccc32)cc1. The van der Waals surface area contributed by atoms with Crippen molar-refractivity contribution in [2.24, 2.45) is 0 Å². The molecule has 2 aliphatic carbocycles. The lowest BCUT2D eigenvalue weighted by molar-refractivity contribution is 0.801. The summed E-state index contributed by atoms with van der Waals surface area (Å²) in [5.41, 5.74) is 13.1. The van der Waals surface area contributed by atoms with Gasteiger partial charge < -0.3 is 0 Å². The maximum Gasteiger partial charge on any atom is 0.0731 e. The van der Waals surface area contributed by atoms with Crippen LogP contribution in [0, 0.1) is 0 Å². The summed E-state index contributed by atoms with van der Waals surface area (Å²) in [5, 5.41) is 2.61. The Labute approximate surface area is 219 Å². The molecule has 0 heterocycles. The molecule has 0 saturated heterocycles. The van der Waals surface area contributed by atoms with E-state index in [2.05, 4.69) is 143 Å². The average Bonchev–Trinajstić information content (AvgIpc) is 3.41. The second kappa shape index (κ2) is 7.29. The highest BCUT2D eigenvalue weighted by atomic mass is 79.9. The van der Waals surface area contributed by atoms with Gasteiger partial charge in [0.1, 0.15) is 0 Å². The summed E-state index contributed by atoms with van der Waals surface area (Å²) in [6.45, 7) is 0. The molecular formula is C35H21Br. The first-order chi connectivity index (χ1) is 17.8. The minimum absolute atomic E-state index is 0.308. The zero-order chi connectivity index (χ0) is 23.9. The standard InChI is InChI=1S/C35H21Br/c36-25-17-13-22(14-18-25)23-15-19-26-24(21-23)16-20-30-29-9-3-6-12-33(29)35(34(26)30)31-10-4-1-7-27(31)28-8-2-5-11-32(28)35/h1-21H. The van der Waals surface area contributed by atoms with Crippen LogP contribution in [-0.2, 0) is 5.41 Å². The Bertz CT molecular complexity index is 1780. The van der Waals surface area contributed by atoms with Crippen LogP contribution in [0.1, 0.15) is 22.3 Å². The van der Waals surface area contributed by atoms with Gasteiger partial charge in [-0.25, -0.2) is 0 Å². The first-order valence-corrected chi connectivity index (χ1v) is 13.2. The second-order valence-electron chi connectivity index (χ2n) is 9.82. The van der Waals surface area contributed by atoms with Crippen molar-refractivity contribution in [3.63, 3.8) is 0 Å². The van der Waals surface area contributed by atoms with Crippen LogP contribution in [0.4, 0.5) is 0 Å². The zero-order valence-electron chi connectivity index (χ0n) is 19.5. The molecule has 0 N–H and O–H groups in total. The number of rotatable bonds is 1. The number of hydrogen-bond acceptors (Lipinski definition) is 0. The first-order valence-electron chi connectivity index (χ1n) is 12.4. The van der Waals surface area contributed by atoms with Gasteiger partial charge in [0, 0.05) is 4.47 Å². The van der Waals surface area contributed by atoms with Crippen molar-refractivity contribution in [2.75, 3.05) is 0 Å². The Morgan fingerprint density at radius 2 is 0.972 bits per heavy atom. The third kappa shape index (κ3) is 2.49. The molecule has 0 radical (unpaired) electrons. The van der Waals surface area contributed by atoms with Crippen molar-refractivity contribution >= 4 is 26.7 Å². The highest BCUT2D eigenvalue weighted by Gasteiger charge is 2.52. The molecule has 8 rings (SSSR count). The van der Waals surface area contributed by atoms with Gasteiger partial charge in [0.05, 0.1) is 5.41 Å². The van der Waals surface area contributed by atoms with E-state index in [4.69, 9.17) is 0 Å². The Balaban J connectivity index is 1.50. The molecule has 0 unspecified atom stereocenters. The fourth-order valence-corrected chi connectivity index (χ4v) is 7.02. The fourth-order valence-electron chi connectivity index (χ4n) is 6.75. The van der Waals surface area contributed by atoms with Crippen LogP contribution in [0.25, 0.3) is 44.2 Å². The first kappa shape index (κ1) is 20.3. The molecule has 0 nitrogen and oxygen atoms in total. The van der Waals surface area contributed by atoms with Crippen LogP contribution in [0.15, 0.2) is 132 Å². The monoisotopic (exact) mass is 520 g/mol. The van der Waals surface area contributed by atoms with Crippen LogP contribution >= 0.6 is 15.9 Å². The number of hydrogen-bond donors (Lipinski definition) is 0. The summed E-state index contributed by atoms with van der Waals surface area (Å²) >= 11 is 3.57. The molecule has 6 aromatic carbocycles. The molecular weight excluding hydrogens is 500 g/mol. The van der Waals surface area contributed by atoms with E-state index >= 15 is 0 Å². The molecule has 0 amide bonds. The fraction of sp³-hybridized carbons (Fsp3) is 0.0286. The van der Waals surface area contributed by atoms with E-state index < -0.39 is 0 Å². The van der Waals surface area contributed by atoms with E-state index in [0.29, 0.717) is 0 Å². The van der Waals surface area contributed by atoms with Gasteiger partial charge in [-0.1, -0.05) is 125 Å². The number of fused-ring (bicyclic) bond motifs is 12. The van der Waals surface area contributed by atoms with Gasteiger partial charge >= 0.3 is 0 Å². The van der Waals surface area contributed by atoms with Crippen molar-refractivity contribution in [1.82, 2.24) is 0 Å². The molecule has 0 bridgehead atoms. The van der Waals surface area contributed by atoms with Gasteiger partial charge in [-0.05, 0) is 84.6 Å². The Kier molecular flexibility index (Phi) is 4.10. The second-order valence-corrected chi connectivity index (χ2v) is 10.7. The van der Waals surface area contributed by atoms with Crippen molar-refractivity contribution in [3.8, 4) is 33.4 Å². The van der Waals surface area contributed by atoms with Gasteiger partial charge in [-0.15, -0.1) is 0 Å². The van der Waals surface area contributed by atoms with Crippen LogP contribution in [0.3, 0.4) is 0 Å². The molecule has 0 aromatic heterocycles. The summed E-state index contributed by atoms with van der Waals surface area (Å²) in [7, 11) is 0. The highest BCUT2D eigenvalue weighted by molar-refractivity contribution is 9.10. The van der Waals surface area contributed by atoms with E-state index in [0.717, 1.165) is 4.47 Å². The topological polar surface area (TPSA) is 0 Å². The van der Waals surface area contributed by atoms with Gasteiger partial charge in [0.15, 0.2) is 0 Å². The number of halogens is 1. The zero-order valence-corrected chi connectivity index (χ0v) is 21.1. The van der Waals surface area contributed by atoms with Crippen LogP contribution in [0.2, 0.25) is 0 Å². The van der Waals surface area contributed by atoms with Crippen molar-refractivity contribution in [2.45, 2.75) is 5.41 Å². The predicted octanol–water partition coefficient (Wildman–Crippen LogP) is 9.61. The molecule has 0 saturated carbocycles. The summed E-state index contributed by atoms with van der Waals surface area (Å²) in [6, 6.07) is 47.2. The maximum atomic E-state index is 3.57. The molecule has 2 aliphatic rings. The van der Waals surface area contributed by atoms with Gasteiger partial charge in [0.2, 0.25) is 0 Å². The molecule has 0 fully saturated rings. The third-order valence-electron chi connectivity index (χ3n) is 8.15. The molecule has 1 heteroatoms. The van der Waals surface area contributed by atoms with E-state index in [1.165, 1.54) is 66.4 Å². The average molecular weight is 521 g/mol. The van der Waals surface area contributed by atoms with Gasteiger partial charge in [-0.2, -0.15) is 0 Å². The lowest BCUT2D eigenvalue weighted by atomic mass is 9.69. The smallest absolute Gasteiger partial charge is 0.0619 e. The van der Waals surface area contributed by atoms with Crippen molar-refractivity contribution < 1.29 is 0 Å². The minimum Gasteiger partial charge on any atom is -0.0619 e. The van der Waals surface area contributed by atoms with E-state index in [-0.39, 0.29) is 5.41 Å². The van der Waals surface area contributed by atoms with Gasteiger partial charge in [0.25, 0.3) is 0 Å². The van der Waals surface area contributed by atoms with Gasteiger partial charge in [-0.3, -0.25) is 0 Å². The Morgan fingerprint density at radius 1 is 0.444 bits per heavy atom. The Hall–Kier alpha value is -3.94. The lowest BCUT2D eigenvalue weighted by Crippen LogP contribution is -2.26. The summed E-state index contributed by atoms with van der Waals surface area (Å²) < 4.78 is 1.10. The van der Waals surface area contributed by atoms with Crippen molar-refractivity contribution in [1.29, 1.82) is 0 Å². The summed E-state index contributed by atoms with van der Waals surface area (Å²) in [5.74, 6) is 0. The quantitative estimate of drug-likeness (QED) is 0.202. The Morgan fingerprint density at radius 3 is 1.58 bits per heavy atom. The summed E-state index contributed by atoms with van der Waals surface area (Å²) in [6.07, 6.45) is 0. The largest absolute Gasteiger partial charge is 0.0731 e. The van der Waals surface area contributed by atoms with Crippen molar-refractivity contribution in [3.05, 3.63) is 154 Å². The molecule has 6 aromatic rings. The minimum atomic E-state index is -0.308.